The summed E-state index contributed by atoms with van der Waals surface area (Å²) in [6.45, 7) is 2.01. The number of benzene rings is 1. The van der Waals surface area contributed by atoms with Crippen LogP contribution in [0.5, 0.6) is 11.5 Å². The summed E-state index contributed by atoms with van der Waals surface area (Å²) >= 11 is 0. The number of nitrogens with one attached hydrogen (secondary N) is 2. The lowest BCUT2D eigenvalue weighted by Crippen LogP contribution is -2.13. The highest BCUT2D eigenvalue weighted by Crippen LogP contribution is 2.29. The first-order chi connectivity index (χ1) is 10.2. The minimum atomic E-state index is 0.602. The van der Waals surface area contributed by atoms with E-state index in [1.165, 1.54) is 6.33 Å². The van der Waals surface area contributed by atoms with Crippen molar-refractivity contribution in [1.29, 1.82) is 0 Å². The van der Waals surface area contributed by atoms with Crippen molar-refractivity contribution in [3.63, 3.8) is 0 Å². The van der Waals surface area contributed by atoms with Crippen LogP contribution in [0.25, 0.3) is 0 Å². The maximum Gasteiger partial charge on any atom is 0.148 e. The molecule has 0 aliphatic heterocycles. The number of rotatable bonds is 6. The van der Waals surface area contributed by atoms with E-state index < -0.39 is 0 Å². The predicted molar refractivity (Wildman–Crippen MR) is 82.0 cm³/mol. The molecule has 2 rings (SSSR count). The van der Waals surface area contributed by atoms with Crippen molar-refractivity contribution in [1.82, 2.24) is 9.97 Å². The number of hydrazine groups is 1. The van der Waals surface area contributed by atoms with E-state index in [0.717, 1.165) is 17.7 Å². The maximum atomic E-state index is 5.47. The molecule has 1 heterocycles. The average molecular weight is 289 g/mol. The van der Waals surface area contributed by atoms with Crippen LogP contribution in [0.2, 0.25) is 0 Å². The van der Waals surface area contributed by atoms with Gasteiger partial charge in [0.05, 0.1) is 14.2 Å². The molecule has 7 heteroatoms. The normalized spacial score (nSPS) is 10.1. The highest BCUT2D eigenvalue weighted by molar-refractivity contribution is 5.66. The van der Waals surface area contributed by atoms with Crippen LogP contribution in [0.1, 0.15) is 12.5 Å². The summed E-state index contributed by atoms with van der Waals surface area (Å²) < 4.78 is 10.5. The van der Waals surface area contributed by atoms with Gasteiger partial charge in [0.15, 0.2) is 0 Å². The number of hydrogen-bond acceptors (Lipinski definition) is 7. The minimum Gasteiger partial charge on any atom is -0.497 e. The van der Waals surface area contributed by atoms with Crippen molar-refractivity contribution >= 4 is 17.3 Å². The molecule has 112 valence electrons. The van der Waals surface area contributed by atoms with Gasteiger partial charge in [-0.2, -0.15) is 0 Å². The van der Waals surface area contributed by atoms with Gasteiger partial charge in [0, 0.05) is 29.4 Å². The van der Waals surface area contributed by atoms with Crippen LogP contribution in [-0.2, 0) is 6.42 Å². The average Bonchev–Trinajstić information content (AvgIpc) is 2.54. The van der Waals surface area contributed by atoms with Crippen molar-refractivity contribution < 1.29 is 9.47 Å². The van der Waals surface area contributed by atoms with Crippen molar-refractivity contribution in [3.05, 3.63) is 30.1 Å². The van der Waals surface area contributed by atoms with E-state index in [9.17, 15) is 0 Å². The summed E-state index contributed by atoms with van der Waals surface area (Å²) in [5.74, 6) is 8.15. The molecule has 4 N–H and O–H groups in total. The van der Waals surface area contributed by atoms with Crippen molar-refractivity contribution in [2.24, 2.45) is 5.84 Å². The molecule has 0 aliphatic carbocycles. The second kappa shape index (κ2) is 6.76. The van der Waals surface area contributed by atoms with Gasteiger partial charge in [-0.25, -0.2) is 15.8 Å². The van der Waals surface area contributed by atoms with E-state index in [1.807, 2.05) is 19.1 Å². The molecule has 0 unspecified atom stereocenters. The van der Waals surface area contributed by atoms with Crippen LogP contribution in [-0.4, -0.2) is 24.2 Å². The van der Waals surface area contributed by atoms with E-state index in [4.69, 9.17) is 15.3 Å². The SMILES string of the molecule is CCc1c(NN)ncnc1Nc1cc(OC)cc(OC)c1. The van der Waals surface area contributed by atoms with Crippen LogP contribution in [0, 0.1) is 0 Å². The Morgan fingerprint density at radius 3 is 2.19 bits per heavy atom. The lowest BCUT2D eigenvalue weighted by Gasteiger charge is -2.14. The third kappa shape index (κ3) is 3.32. The van der Waals surface area contributed by atoms with E-state index in [2.05, 4.69) is 20.7 Å². The molecule has 7 nitrogen and oxygen atoms in total. The monoisotopic (exact) mass is 289 g/mol. The van der Waals surface area contributed by atoms with E-state index in [0.29, 0.717) is 23.1 Å². The summed E-state index contributed by atoms with van der Waals surface area (Å²) in [7, 11) is 3.22. The first-order valence-electron chi connectivity index (χ1n) is 6.52. The molecular weight excluding hydrogens is 270 g/mol. The first kappa shape index (κ1) is 14.9. The Bertz CT molecular complexity index is 596. The van der Waals surface area contributed by atoms with Gasteiger partial charge in [0.1, 0.15) is 29.5 Å². The van der Waals surface area contributed by atoms with E-state index in [1.54, 1.807) is 20.3 Å². The second-order valence-electron chi connectivity index (χ2n) is 4.27. The fraction of sp³-hybridized carbons (Fsp3) is 0.286. The Balaban J connectivity index is 2.38. The first-order valence-corrected chi connectivity index (χ1v) is 6.52. The fourth-order valence-electron chi connectivity index (χ4n) is 2.00. The largest absolute Gasteiger partial charge is 0.497 e. The number of nitrogens with two attached hydrogens (primary N) is 1. The smallest absolute Gasteiger partial charge is 0.148 e. The molecule has 0 fully saturated rings. The lowest BCUT2D eigenvalue weighted by atomic mass is 10.2. The Morgan fingerprint density at radius 1 is 1.05 bits per heavy atom. The molecule has 0 atom stereocenters. The Labute approximate surface area is 123 Å². The van der Waals surface area contributed by atoms with E-state index >= 15 is 0 Å². The van der Waals surface area contributed by atoms with Crippen LogP contribution >= 0.6 is 0 Å². The van der Waals surface area contributed by atoms with Gasteiger partial charge in [-0.1, -0.05) is 6.92 Å². The Kier molecular flexibility index (Phi) is 4.78. The number of ether oxygens (including phenoxy) is 2. The van der Waals surface area contributed by atoms with E-state index in [-0.39, 0.29) is 0 Å². The van der Waals surface area contributed by atoms with Gasteiger partial charge in [0.2, 0.25) is 0 Å². The van der Waals surface area contributed by atoms with Gasteiger partial charge >= 0.3 is 0 Å². The molecule has 0 spiro atoms. The van der Waals surface area contributed by atoms with Crippen LogP contribution in [0.3, 0.4) is 0 Å². The number of nitrogens with zero attached hydrogens (tertiary/aromatic N) is 2. The summed E-state index contributed by atoms with van der Waals surface area (Å²) in [6.07, 6.45) is 2.19. The predicted octanol–water partition coefficient (Wildman–Crippen LogP) is 2.09. The standard InChI is InChI=1S/C14H19N5O2/c1-4-12-13(16-8-17-14(12)19-15)18-9-5-10(20-2)7-11(6-9)21-3/h5-8H,4,15H2,1-3H3,(H2,16,17,18,19). The molecule has 0 amide bonds. The molecule has 0 bridgehead atoms. The molecule has 1 aromatic heterocycles. The number of methoxy groups -OCH3 is 2. The molecule has 0 aliphatic rings. The summed E-state index contributed by atoms with van der Waals surface area (Å²) in [5, 5.41) is 3.24. The molecule has 0 saturated carbocycles. The molecule has 21 heavy (non-hydrogen) atoms. The number of aromatic nitrogens is 2. The van der Waals surface area contributed by atoms with Crippen LogP contribution < -0.4 is 26.1 Å². The van der Waals surface area contributed by atoms with Crippen molar-refractivity contribution in [2.45, 2.75) is 13.3 Å². The fourth-order valence-corrected chi connectivity index (χ4v) is 2.00. The molecule has 1 aromatic carbocycles. The van der Waals surface area contributed by atoms with Gasteiger partial charge in [0.25, 0.3) is 0 Å². The van der Waals surface area contributed by atoms with Gasteiger partial charge in [-0.05, 0) is 6.42 Å². The van der Waals surface area contributed by atoms with Gasteiger partial charge in [-0.15, -0.1) is 0 Å². The zero-order valence-corrected chi connectivity index (χ0v) is 12.3. The topological polar surface area (TPSA) is 94.3 Å². The Hall–Kier alpha value is -2.54. The summed E-state index contributed by atoms with van der Waals surface area (Å²) in [5.41, 5.74) is 4.29. The highest BCUT2D eigenvalue weighted by atomic mass is 16.5. The molecule has 0 radical (unpaired) electrons. The third-order valence-electron chi connectivity index (χ3n) is 3.05. The zero-order chi connectivity index (χ0) is 15.2. The molecule has 0 saturated heterocycles. The molecule has 2 aromatic rings. The number of hydrogen-bond donors (Lipinski definition) is 3. The minimum absolute atomic E-state index is 0.602. The second-order valence-corrected chi connectivity index (χ2v) is 4.27. The molecular formula is C14H19N5O2. The summed E-state index contributed by atoms with van der Waals surface area (Å²) in [4.78, 5) is 8.37. The summed E-state index contributed by atoms with van der Waals surface area (Å²) in [6, 6.07) is 5.53. The highest BCUT2D eigenvalue weighted by Gasteiger charge is 2.10. The van der Waals surface area contributed by atoms with Crippen LogP contribution in [0.15, 0.2) is 24.5 Å². The van der Waals surface area contributed by atoms with Gasteiger partial charge < -0.3 is 20.2 Å². The number of nitrogen functional groups attached to an aromatic ring is 1. The van der Waals surface area contributed by atoms with Crippen molar-refractivity contribution in [3.8, 4) is 11.5 Å². The number of anilines is 3. The lowest BCUT2D eigenvalue weighted by molar-refractivity contribution is 0.395. The third-order valence-corrected chi connectivity index (χ3v) is 3.05. The zero-order valence-electron chi connectivity index (χ0n) is 12.3. The van der Waals surface area contributed by atoms with Crippen LogP contribution in [0.4, 0.5) is 17.3 Å². The quantitative estimate of drug-likeness (QED) is 0.553. The van der Waals surface area contributed by atoms with Crippen molar-refractivity contribution in [2.75, 3.05) is 25.0 Å². The Morgan fingerprint density at radius 2 is 1.67 bits per heavy atom. The maximum absolute atomic E-state index is 5.47. The van der Waals surface area contributed by atoms with Gasteiger partial charge in [-0.3, -0.25) is 0 Å².